The topological polar surface area (TPSA) is 15.6 Å². The van der Waals surface area contributed by atoms with E-state index >= 15 is 0 Å². The van der Waals surface area contributed by atoms with Gasteiger partial charge >= 0.3 is 0 Å². The summed E-state index contributed by atoms with van der Waals surface area (Å²) in [6.45, 7) is 9.55. The van der Waals surface area contributed by atoms with E-state index in [1.54, 1.807) is 11.8 Å². The molecule has 0 aromatic carbocycles. The predicted octanol–water partition coefficient (Wildman–Crippen LogP) is 2.23. The Balaban J connectivity index is 4.54. The molecule has 0 aromatic heterocycles. The fourth-order valence-electron chi connectivity index (χ4n) is 0.836. The Morgan fingerprint density at radius 1 is 1.67 bits per heavy atom. The van der Waals surface area contributed by atoms with E-state index in [0.717, 1.165) is 6.54 Å². The van der Waals surface area contributed by atoms with Gasteiger partial charge in [0.1, 0.15) is 5.84 Å². The predicted molar refractivity (Wildman–Crippen MR) is 51.1 cm³/mol. The normalized spacial score (nSPS) is 14.2. The summed E-state index contributed by atoms with van der Waals surface area (Å²) in [5.41, 5.74) is 0.634. The zero-order valence-corrected chi connectivity index (χ0v) is 8.26. The van der Waals surface area contributed by atoms with Crippen molar-refractivity contribution in [3.63, 3.8) is 0 Å². The monoisotopic (exact) mass is 172 g/mol. The fraction of sp³-hybridized carbons (Fsp3) is 0.667. The van der Waals surface area contributed by atoms with Gasteiger partial charge in [0.25, 0.3) is 0 Å². The summed E-state index contributed by atoms with van der Waals surface area (Å²) in [5, 5.41) is 0. The van der Waals surface area contributed by atoms with Crippen molar-refractivity contribution in [1.29, 1.82) is 0 Å². The lowest BCUT2D eigenvalue weighted by molar-refractivity contribution is 0.399. The minimum atomic E-state index is -1.04. The number of aliphatic imine (C=N–C) groups is 1. The molecule has 3 heteroatoms. The number of nitrogens with zero attached hydrogens (tertiary/aromatic N) is 2. The van der Waals surface area contributed by atoms with Crippen LogP contribution in [0.25, 0.3) is 0 Å². The van der Waals surface area contributed by atoms with E-state index in [1.165, 1.54) is 6.92 Å². The Hall–Kier alpha value is -0.860. The van der Waals surface area contributed by atoms with Crippen molar-refractivity contribution in [2.45, 2.75) is 26.9 Å². The second-order valence-corrected chi connectivity index (χ2v) is 2.84. The number of alkyl halides is 1. The molecule has 0 bridgehead atoms. The standard InChI is InChI=1S/C9H17FN2/c1-6-12(5)9(8(4)10)11-7(2)3/h8H,2,6H2,1,3-5H3/b11-9-. The lowest BCUT2D eigenvalue weighted by Gasteiger charge is -2.20. The van der Waals surface area contributed by atoms with E-state index < -0.39 is 6.17 Å². The lowest BCUT2D eigenvalue weighted by Crippen LogP contribution is -2.32. The average molecular weight is 172 g/mol. The van der Waals surface area contributed by atoms with Gasteiger partial charge in [-0.25, -0.2) is 9.38 Å². The SMILES string of the molecule is C=C(C)/N=C(/C(C)F)N(C)CC. The molecule has 2 nitrogen and oxygen atoms in total. The first-order chi connectivity index (χ1) is 5.49. The van der Waals surface area contributed by atoms with Crippen molar-refractivity contribution in [2.24, 2.45) is 4.99 Å². The second kappa shape index (κ2) is 4.91. The Morgan fingerprint density at radius 3 is 2.42 bits per heavy atom. The van der Waals surface area contributed by atoms with E-state index in [2.05, 4.69) is 11.6 Å². The fourth-order valence-corrected chi connectivity index (χ4v) is 0.836. The minimum absolute atomic E-state index is 0.449. The molecule has 0 radical (unpaired) electrons. The molecule has 0 aromatic rings. The number of hydrogen-bond donors (Lipinski definition) is 0. The summed E-state index contributed by atoms with van der Waals surface area (Å²) in [4.78, 5) is 5.80. The molecule has 0 saturated carbocycles. The summed E-state index contributed by atoms with van der Waals surface area (Å²) in [7, 11) is 1.82. The molecule has 1 unspecified atom stereocenters. The van der Waals surface area contributed by atoms with Crippen LogP contribution in [-0.2, 0) is 0 Å². The Labute approximate surface area is 73.8 Å². The van der Waals surface area contributed by atoms with E-state index in [9.17, 15) is 4.39 Å². The zero-order valence-electron chi connectivity index (χ0n) is 8.26. The summed E-state index contributed by atoms with van der Waals surface area (Å²) < 4.78 is 13.0. The highest BCUT2D eigenvalue weighted by Gasteiger charge is 2.12. The number of rotatable bonds is 3. The van der Waals surface area contributed by atoms with E-state index in [4.69, 9.17) is 0 Å². The van der Waals surface area contributed by atoms with Crippen molar-refractivity contribution in [1.82, 2.24) is 4.90 Å². The molecule has 70 valence electrons. The van der Waals surface area contributed by atoms with Crippen LogP contribution >= 0.6 is 0 Å². The molecule has 0 heterocycles. The molecule has 0 spiro atoms. The molecule has 1 atom stereocenters. The molecule has 0 fully saturated rings. The number of hydrogen-bond acceptors (Lipinski definition) is 1. The molecule has 0 aliphatic carbocycles. The molecule has 0 saturated heterocycles. The Kier molecular flexibility index (Phi) is 4.55. The lowest BCUT2D eigenvalue weighted by atomic mass is 10.3. The largest absolute Gasteiger partial charge is 0.361 e. The third kappa shape index (κ3) is 3.51. The van der Waals surface area contributed by atoms with Crippen molar-refractivity contribution >= 4 is 5.84 Å². The van der Waals surface area contributed by atoms with Gasteiger partial charge in [-0.1, -0.05) is 6.58 Å². The molecule has 0 amide bonds. The van der Waals surface area contributed by atoms with Crippen LogP contribution in [0.4, 0.5) is 4.39 Å². The quantitative estimate of drug-likeness (QED) is 0.471. The van der Waals surface area contributed by atoms with Gasteiger partial charge in [-0.05, 0) is 20.8 Å². The van der Waals surface area contributed by atoms with Crippen LogP contribution < -0.4 is 0 Å². The van der Waals surface area contributed by atoms with Crippen LogP contribution in [0.5, 0.6) is 0 Å². The third-order valence-corrected chi connectivity index (χ3v) is 1.53. The number of amidine groups is 1. The van der Waals surface area contributed by atoms with E-state index in [1.807, 2.05) is 14.0 Å². The highest BCUT2D eigenvalue weighted by molar-refractivity contribution is 5.86. The maximum Gasteiger partial charge on any atom is 0.155 e. The van der Waals surface area contributed by atoms with Crippen molar-refractivity contribution in [2.75, 3.05) is 13.6 Å². The number of halogens is 1. The van der Waals surface area contributed by atoms with Crippen LogP contribution in [-0.4, -0.2) is 30.5 Å². The molecule has 0 aliphatic rings. The molecular formula is C9H17FN2. The minimum Gasteiger partial charge on any atom is -0.361 e. The molecular weight excluding hydrogens is 155 g/mol. The average Bonchev–Trinajstić information content (AvgIpc) is 1.98. The van der Waals surface area contributed by atoms with Gasteiger partial charge in [-0.3, -0.25) is 0 Å². The van der Waals surface area contributed by atoms with Crippen LogP contribution in [0, 0.1) is 0 Å². The van der Waals surface area contributed by atoms with Crippen molar-refractivity contribution in [3.8, 4) is 0 Å². The maximum absolute atomic E-state index is 13.0. The van der Waals surface area contributed by atoms with Crippen LogP contribution in [0.1, 0.15) is 20.8 Å². The first-order valence-electron chi connectivity index (χ1n) is 4.08. The Bertz CT molecular complexity index is 185. The summed E-state index contributed by atoms with van der Waals surface area (Å²) >= 11 is 0. The summed E-state index contributed by atoms with van der Waals surface area (Å²) in [5.74, 6) is 0.449. The van der Waals surface area contributed by atoms with Crippen LogP contribution in [0.2, 0.25) is 0 Å². The first kappa shape index (κ1) is 11.1. The maximum atomic E-state index is 13.0. The van der Waals surface area contributed by atoms with Crippen molar-refractivity contribution in [3.05, 3.63) is 12.3 Å². The molecule has 12 heavy (non-hydrogen) atoms. The van der Waals surface area contributed by atoms with Crippen LogP contribution in [0.3, 0.4) is 0 Å². The first-order valence-corrected chi connectivity index (χ1v) is 4.08. The third-order valence-electron chi connectivity index (χ3n) is 1.53. The van der Waals surface area contributed by atoms with Gasteiger partial charge in [0.15, 0.2) is 6.17 Å². The number of allylic oxidation sites excluding steroid dienone is 1. The van der Waals surface area contributed by atoms with Gasteiger partial charge in [0.2, 0.25) is 0 Å². The van der Waals surface area contributed by atoms with Gasteiger partial charge in [0.05, 0.1) is 0 Å². The second-order valence-electron chi connectivity index (χ2n) is 2.84. The van der Waals surface area contributed by atoms with Crippen LogP contribution in [0.15, 0.2) is 17.3 Å². The highest BCUT2D eigenvalue weighted by Crippen LogP contribution is 2.02. The van der Waals surface area contributed by atoms with Gasteiger partial charge in [-0.15, -0.1) is 0 Å². The Morgan fingerprint density at radius 2 is 2.17 bits per heavy atom. The van der Waals surface area contributed by atoms with E-state index in [-0.39, 0.29) is 0 Å². The summed E-state index contributed by atoms with van der Waals surface area (Å²) in [6, 6.07) is 0. The highest BCUT2D eigenvalue weighted by atomic mass is 19.1. The van der Waals surface area contributed by atoms with Crippen molar-refractivity contribution < 1.29 is 4.39 Å². The molecule has 0 rings (SSSR count). The molecule has 0 N–H and O–H groups in total. The van der Waals surface area contributed by atoms with E-state index in [0.29, 0.717) is 11.5 Å². The van der Waals surface area contributed by atoms with Gasteiger partial charge in [-0.2, -0.15) is 0 Å². The van der Waals surface area contributed by atoms with Gasteiger partial charge < -0.3 is 4.90 Å². The van der Waals surface area contributed by atoms with Gasteiger partial charge in [0, 0.05) is 19.3 Å². The zero-order chi connectivity index (χ0) is 9.72. The smallest absolute Gasteiger partial charge is 0.155 e. The molecule has 0 aliphatic heterocycles. The summed E-state index contributed by atoms with van der Waals surface area (Å²) in [6.07, 6.45) is -1.04.